The second-order valence-corrected chi connectivity index (χ2v) is 7.05. The van der Waals surface area contributed by atoms with E-state index in [0.29, 0.717) is 19.5 Å². The number of rotatable bonds is 3. The molecule has 2 fully saturated rings. The number of carbonyl (C=O) groups excluding carboxylic acids is 2. The normalized spacial score (nSPS) is 21.1. The van der Waals surface area contributed by atoms with Crippen LogP contribution in [0.1, 0.15) is 37.3 Å². The van der Waals surface area contributed by atoms with Gasteiger partial charge in [0, 0.05) is 49.2 Å². The Balaban J connectivity index is 1.46. The summed E-state index contributed by atoms with van der Waals surface area (Å²) in [5, 5.41) is 2.33. The van der Waals surface area contributed by atoms with E-state index >= 15 is 0 Å². The average Bonchev–Trinajstić information content (AvgIpc) is 3.06. The molecule has 0 radical (unpaired) electrons. The summed E-state index contributed by atoms with van der Waals surface area (Å²) in [5.74, 6) is 0.454. The number of amides is 2. The van der Waals surface area contributed by atoms with Crippen LogP contribution in [0.5, 0.6) is 0 Å². The monoisotopic (exact) mass is 337 g/mol. The van der Waals surface area contributed by atoms with Crippen LogP contribution in [-0.4, -0.2) is 52.8 Å². The first kappa shape index (κ1) is 16.1. The van der Waals surface area contributed by atoms with Crippen LogP contribution < -0.4 is 0 Å². The molecule has 0 bridgehead atoms. The molecule has 130 valence electrons. The van der Waals surface area contributed by atoms with Gasteiger partial charge in [-0.1, -0.05) is 24.3 Å². The van der Waals surface area contributed by atoms with Gasteiger partial charge in [-0.25, -0.2) is 0 Å². The molecule has 5 heteroatoms. The van der Waals surface area contributed by atoms with Crippen LogP contribution in [0.25, 0.3) is 10.8 Å². The number of hydrogen-bond donors (Lipinski definition) is 0. The van der Waals surface area contributed by atoms with Crippen LogP contribution in [-0.2, 0) is 9.59 Å². The van der Waals surface area contributed by atoms with E-state index in [1.807, 2.05) is 23.2 Å². The molecular weight excluding hydrogens is 314 g/mol. The summed E-state index contributed by atoms with van der Waals surface area (Å²) >= 11 is 0. The van der Waals surface area contributed by atoms with E-state index in [0.717, 1.165) is 36.9 Å². The molecule has 0 aliphatic carbocycles. The Bertz CT molecular complexity index is 804. The average molecular weight is 337 g/mol. The van der Waals surface area contributed by atoms with Crippen molar-refractivity contribution in [2.45, 2.75) is 31.6 Å². The first-order chi connectivity index (χ1) is 12.2. The lowest BCUT2D eigenvalue weighted by molar-refractivity contribution is -0.139. The Morgan fingerprint density at radius 1 is 1.16 bits per heavy atom. The van der Waals surface area contributed by atoms with Gasteiger partial charge in [-0.05, 0) is 30.7 Å². The summed E-state index contributed by atoms with van der Waals surface area (Å²) < 4.78 is 0. The first-order valence-electron chi connectivity index (χ1n) is 9.11. The van der Waals surface area contributed by atoms with E-state index in [1.165, 1.54) is 5.39 Å². The maximum absolute atomic E-state index is 12.6. The van der Waals surface area contributed by atoms with Crippen LogP contribution in [0, 0.1) is 0 Å². The third-order valence-electron chi connectivity index (χ3n) is 5.34. The number of carbonyl (C=O) groups is 2. The van der Waals surface area contributed by atoms with Gasteiger partial charge in [0.05, 0.1) is 6.54 Å². The molecule has 5 nitrogen and oxygen atoms in total. The zero-order chi connectivity index (χ0) is 17.2. The van der Waals surface area contributed by atoms with Gasteiger partial charge in [-0.15, -0.1) is 0 Å². The maximum atomic E-state index is 12.6. The van der Waals surface area contributed by atoms with Gasteiger partial charge < -0.3 is 9.80 Å². The van der Waals surface area contributed by atoms with Crippen molar-refractivity contribution in [3.05, 3.63) is 42.2 Å². The van der Waals surface area contributed by atoms with Crippen LogP contribution in [0.3, 0.4) is 0 Å². The van der Waals surface area contributed by atoms with Crippen molar-refractivity contribution >= 4 is 22.6 Å². The Morgan fingerprint density at radius 2 is 2.00 bits per heavy atom. The van der Waals surface area contributed by atoms with Crippen molar-refractivity contribution in [3.8, 4) is 0 Å². The lowest BCUT2D eigenvalue weighted by Gasteiger charge is -2.33. The fourth-order valence-corrected chi connectivity index (χ4v) is 3.90. The zero-order valence-corrected chi connectivity index (χ0v) is 14.4. The fourth-order valence-electron chi connectivity index (χ4n) is 3.90. The van der Waals surface area contributed by atoms with E-state index in [4.69, 9.17) is 0 Å². The molecule has 3 heterocycles. The lowest BCUT2D eigenvalue weighted by atomic mass is 9.93. The van der Waals surface area contributed by atoms with Gasteiger partial charge in [0.1, 0.15) is 0 Å². The molecular formula is C20H23N3O2. The van der Waals surface area contributed by atoms with Crippen LogP contribution in [0.15, 0.2) is 36.5 Å². The highest BCUT2D eigenvalue weighted by Gasteiger charge is 2.29. The second kappa shape index (κ2) is 6.82. The number of hydrogen-bond acceptors (Lipinski definition) is 3. The van der Waals surface area contributed by atoms with E-state index in [-0.39, 0.29) is 24.3 Å². The zero-order valence-electron chi connectivity index (χ0n) is 14.4. The molecule has 0 saturated carbocycles. The highest BCUT2D eigenvalue weighted by atomic mass is 16.2. The highest BCUT2D eigenvalue weighted by Crippen LogP contribution is 2.27. The molecule has 0 spiro atoms. The van der Waals surface area contributed by atoms with Gasteiger partial charge in [0.25, 0.3) is 0 Å². The molecule has 1 atom stereocenters. The Morgan fingerprint density at radius 3 is 2.80 bits per heavy atom. The minimum Gasteiger partial charge on any atom is -0.340 e. The molecule has 25 heavy (non-hydrogen) atoms. The van der Waals surface area contributed by atoms with Crippen molar-refractivity contribution in [2.75, 3.05) is 26.2 Å². The topological polar surface area (TPSA) is 53.5 Å². The second-order valence-electron chi connectivity index (χ2n) is 7.05. The van der Waals surface area contributed by atoms with Crippen LogP contribution >= 0.6 is 0 Å². The van der Waals surface area contributed by atoms with Gasteiger partial charge in [-0.2, -0.15) is 0 Å². The molecule has 1 aromatic heterocycles. The molecule has 2 aliphatic heterocycles. The number of aromatic nitrogens is 1. The first-order valence-corrected chi connectivity index (χ1v) is 9.11. The number of piperidine rings is 1. The van der Waals surface area contributed by atoms with Crippen molar-refractivity contribution in [1.82, 2.24) is 14.8 Å². The minimum atomic E-state index is 0.0701. The lowest BCUT2D eigenvalue weighted by Crippen LogP contribution is -2.45. The number of nitrogens with zero attached hydrogens (tertiary/aromatic N) is 3. The largest absolute Gasteiger partial charge is 0.340 e. The standard InChI is InChI=1S/C20H23N3O2/c24-19-8-4-10-23(19)14-20(25)22-9-3-7-17(13-22)18-11-15-5-1-2-6-16(15)12-21-18/h1-2,5-6,11-12,17H,3-4,7-10,13-14H2/t17-/m0/s1. The summed E-state index contributed by atoms with van der Waals surface area (Å²) in [7, 11) is 0. The summed E-state index contributed by atoms with van der Waals surface area (Å²) in [5.41, 5.74) is 1.06. The molecule has 1 aromatic carbocycles. The van der Waals surface area contributed by atoms with Crippen molar-refractivity contribution < 1.29 is 9.59 Å². The third kappa shape index (κ3) is 3.36. The molecule has 0 unspecified atom stereocenters. The quantitative estimate of drug-likeness (QED) is 0.865. The number of likely N-dealkylation sites (tertiary alicyclic amines) is 2. The summed E-state index contributed by atoms with van der Waals surface area (Å²) in [6.07, 6.45) is 5.41. The maximum Gasteiger partial charge on any atom is 0.242 e. The predicted molar refractivity (Wildman–Crippen MR) is 96.1 cm³/mol. The highest BCUT2D eigenvalue weighted by molar-refractivity contribution is 5.86. The molecule has 4 rings (SSSR count). The smallest absolute Gasteiger partial charge is 0.242 e. The molecule has 2 saturated heterocycles. The van der Waals surface area contributed by atoms with E-state index in [9.17, 15) is 9.59 Å². The van der Waals surface area contributed by atoms with Crippen molar-refractivity contribution in [3.63, 3.8) is 0 Å². The summed E-state index contributed by atoms with van der Waals surface area (Å²) in [4.78, 5) is 32.6. The van der Waals surface area contributed by atoms with Crippen LogP contribution in [0.2, 0.25) is 0 Å². The molecule has 2 aliphatic rings. The minimum absolute atomic E-state index is 0.0701. The fraction of sp³-hybridized carbons (Fsp3) is 0.450. The summed E-state index contributed by atoms with van der Waals surface area (Å²) in [6.45, 7) is 2.43. The SMILES string of the molecule is O=C1CCCN1CC(=O)N1CCC[C@H](c2cc3ccccc3cn2)C1. The molecule has 2 aromatic rings. The van der Waals surface area contributed by atoms with Gasteiger partial charge >= 0.3 is 0 Å². The van der Waals surface area contributed by atoms with Crippen molar-refractivity contribution in [1.29, 1.82) is 0 Å². The predicted octanol–water partition coefficient (Wildman–Crippen LogP) is 2.56. The van der Waals surface area contributed by atoms with Gasteiger partial charge in [-0.3, -0.25) is 14.6 Å². The van der Waals surface area contributed by atoms with E-state index in [1.54, 1.807) is 4.90 Å². The van der Waals surface area contributed by atoms with Gasteiger partial charge in [0.2, 0.25) is 11.8 Å². The number of pyridine rings is 1. The van der Waals surface area contributed by atoms with Crippen LogP contribution in [0.4, 0.5) is 0 Å². The Hall–Kier alpha value is -2.43. The number of fused-ring (bicyclic) bond motifs is 1. The molecule has 2 amide bonds. The van der Waals surface area contributed by atoms with E-state index < -0.39 is 0 Å². The van der Waals surface area contributed by atoms with E-state index in [2.05, 4.69) is 23.2 Å². The Labute approximate surface area is 147 Å². The third-order valence-corrected chi connectivity index (χ3v) is 5.34. The number of benzene rings is 1. The van der Waals surface area contributed by atoms with Crippen molar-refractivity contribution in [2.24, 2.45) is 0 Å². The van der Waals surface area contributed by atoms with Gasteiger partial charge in [0.15, 0.2) is 0 Å². The Kier molecular flexibility index (Phi) is 4.38. The molecule has 0 N–H and O–H groups in total. The summed E-state index contributed by atoms with van der Waals surface area (Å²) in [6, 6.07) is 10.4.